The van der Waals surface area contributed by atoms with Gasteiger partial charge in [-0.25, -0.2) is 0 Å². The molecule has 11 heteroatoms. The van der Waals surface area contributed by atoms with E-state index in [1.165, 1.54) is 7.11 Å². The third kappa shape index (κ3) is 7.57. The number of hydrogen-bond acceptors (Lipinski definition) is 7. The summed E-state index contributed by atoms with van der Waals surface area (Å²) in [7, 11) is 3.21. The number of rotatable bonds is 10. The molecule has 1 atom stereocenters. The van der Waals surface area contributed by atoms with Gasteiger partial charge >= 0.3 is 0 Å². The highest BCUT2D eigenvalue weighted by Gasteiger charge is 2.43. The van der Waals surface area contributed by atoms with Crippen LogP contribution in [0.5, 0.6) is 0 Å². The molecule has 0 radical (unpaired) electrons. The molecule has 0 spiro atoms. The summed E-state index contributed by atoms with van der Waals surface area (Å²) < 4.78 is 5.27. The molecular weight excluding hydrogens is 565 g/mol. The number of amides is 2. The molecule has 2 heterocycles. The van der Waals surface area contributed by atoms with Crippen molar-refractivity contribution in [3.8, 4) is 6.07 Å². The minimum atomic E-state index is -0.787. The van der Waals surface area contributed by atoms with Crippen LogP contribution in [-0.4, -0.2) is 97.9 Å². The standard InChI is InChI=1S/C30H35Cl2N5O4/c1-35(29(39)23-16-24(31)18-25(32)17-23)19-27(34-40-2)26(22-6-4-3-5-7-22)8-11-36-12-9-30(21-33,10-13-36)37-14-15-41-20-28(37)38/h3-7,16-18,26H,8-15,19-20H2,1-2H3/b34-27+. The minimum absolute atomic E-state index is 0.0365. The summed E-state index contributed by atoms with van der Waals surface area (Å²) in [5.74, 6) is -0.459. The highest BCUT2D eigenvalue weighted by Crippen LogP contribution is 2.31. The van der Waals surface area contributed by atoms with Crippen molar-refractivity contribution in [3.63, 3.8) is 0 Å². The maximum Gasteiger partial charge on any atom is 0.254 e. The van der Waals surface area contributed by atoms with Crippen LogP contribution in [0.1, 0.15) is 41.1 Å². The third-order valence-corrected chi connectivity index (χ3v) is 8.23. The highest BCUT2D eigenvalue weighted by atomic mass is 35.5. The van der Waals surface area contributed by atoms with Gasteiger partial charge in [0.2, 0.25) is 5.91 Å². The minimum Gasteiger partial charge on any atom is -0.399 e. The molecule has 1 unspecified atom stereocenters. The maximum atomic E-state index is 13.2. The lowest BCUT2D eigenvalue weighted by molar-refractivity contribution is -0.150. The van der Waals surface area contributed by atoms with Crippen molar-refractivity contribution in [1.82, 2.24) is 14.7 Å². The number of halogens is 2. The number of nitrogens with zero attached hydrogens (tertiary/aromatic N) is 5. The van der Waals surface area contributed by atoms with E-state index in [-0.39, 0.29) is 30.9 Å². The Morgan fingerprint density at radius 2 is 1.85 bits per heavy atom. The van der Waals surface area contributed by atoms with E-state index in [0.717, 1.165) is 18.5 Å². The number of hydrogen-bond donors (Lipinski definition) is 0. The van der Waals surface area contributed by atoms with Crippen molar-refractivity contribution in [1.29, 1.82) is 5.26 Å². The van der Waals surface area contributed by atoms with Crippen LogP contribution in [0.2, 0.25) is 10.0 Å². The van der Waals surface area contributed by atoms with Crippen molar-refractivity contribution in [2.24, 2.45) is 5.16 Å². The maximum absolute atomic E-state index is 13.2. The normalized spacial score (nSPS) is 18.5. The van der Waals surface area contributed by atoms with Gasteiger partial charge in [-0.05, 0) is 49.6 Å². The molecule has 0 N–H and O–H groups in total. The average Bonchev–Trinajstić information content (AvgIpc) is 2.97. The Morgan fingerprint density at radius 3 is 2.46 bits per heavy atom. The van der Waals surface area contributed by atoms with Crippen LogP contribution in [-0.2, 0) is 14.4 Å². The molecule has 2 aromatic rings. The van der Waals surface area contributed by atoms with Crippen molar-refractivity contribution in [3.05, 3.63) is 69.7 Å². The molecule has 2 amide bonds. The second kappa shape index (κ2) is 14.1. The first kappa shape index (κ1) is 30.8. The Balaban J connectivity index is 1.46. The molecular formula is C30H35Cl2N5O4. The van der Waals surface area contributed by atoms with Crippen molar-refractivity contribution in [2.75, 3.05) is 60.1 Å². The summed E-state index contributed by atoms with van der Waals surface area (Å²) in [6.45, 7) is 3.34. The van der Waals surface area contributed by atoms with E-state index in [0.29, 0.717) is 60.4 Å². The van der Waals surface area contributed by atoms with Gasteiger partial charge in [-0.3, -0.25) is 9.59 Å². The summed E-state index contributed by atoms with van der Waals surface area (Å²) in [4.78, 5) is 36.6. The Hall–Kier alpha value is -3.16. The predicted molar refractivity (Wildman–Crippen MR) is 158 cm³/mol. The number of carbonyl (C=O) groups is 2. The lowest BCUT2D eigenvalue weighted by Gasteiger charge is -2.45. The molecule has 2 saturated heterocycles. The van der Waals surface area contributed by atoms with Crippen molar-refractivity contribution < 1.29 is 19.2 Å². The summed E-state index contributed by atoms with van der Waals surface area (Å²) in [5.41, 5.74) is 1.39. The average molecular weight is 601 g/mol. The van der Waals surface area contributed by atoms with Crippen LogP contribution < -0.4 is 0 Å². The zero-order valence-electron chi connectivity index (χ0n) is 23.4. The van der Waals surface area contributed by atoms with Crippen LogP contribution in [0.3, 0.4) is 0 Å². The van der Waals surface area contributed by atoms with Crippen LogP contribution >= 0.6 is 23.2 Å². The molecule has 2 aliphatic rings. The summed E-state index contributed by atoms with van der Waals surface area (Å²) >= 11 is 12.3. The Labute approximate surface area is 251 Å². The van der Waals surface area contributed by atoms with Gasteiger partial charge in [-0.1, -0.05) is 58.7 Å². The SMILES string of the molecule is CO/N=C(\CN(C)C(=O)c1cc(Cl)cc(Cl)c1)C(CCN1CCC(C#N)(N2CCOCC2=O)CC1)c1ccccc1. The zero-order valence-corrected chi connectivity index (χ0v) is 24.9. The van der Waals surface area contributed by atoms with Gasteiger partial charge in [-0.15, -0.1) is 0 Å². The van der Waals surface area contributed by atoms with E-state index in [1.807, 2.05) is 18.2 Å². The first-order valence-electron chi connectivity index (χ1n) is 13.6. The Kier molecular flexibility index (Phi) is 10.6. The van der Waals surface area contributed by atoms with Gasteiger partial charge in [-0.2, -0.15) is 5.26 Å². The lowest BCUT2D eigenvalue weighted by Crippen LogP contribution is -2.60. The van der Waals surface area contributed by atoms with Gasteiger partial charge in [0, 0.05) is 48.2 Å². The van der Waals surface area contributed by atoms with Crippen molar-refractivity contribution >= 4 is 40.7 Å². The topological polar surface area (TPSA) is 98.5 Å². The predicted octanol–water partition coefficient (Wildman–Crippen LogP) is 4.46. The molecule has 41 heavy (non-hydrogen) atoms. The first-order valence-corrected chi connectivity index (χ1v) is 14.4. The molecule has 0 aromatic heterocycles. The molecule has 0 aliphatic carbocycles. The molecule has 218 valence electrons. The molecule has 0 bridgehead atoms. The summed E-state index contributed by atoms with van der Waals surface area (Å²) in [6, 6.07) is 17.3. The van der Waals surface area contributed by atoms with Gasteiger partial charge in [0.15, 0.2) is 0 Å². The number of ether oxygens (including phenoxy) is 1. The zero-order chi connectivity index (χ0) is 29.4. The smallest absolute Gasteiger partial charge is 0.254 e. The fraction of sp³-hybridized carbons (Fsp3) is 0.467. The monoisotopic (exact) mass is 599 g/mol. The molecule has 2 aromatic carbocycles. The summed E-state index contributed by atoms with van der Waals surface area (Å²) in [6.07, 6.45) is 1.90. The van der Waals surface area contributed by atoms with E-state index in [2.05, 4.69) is 28.3 Å². The van der Waals surface area contributed by atoms with Crippen LogP contribution in [0.15, 0.2) is 53.7 Å². The summed E-state index contributed by atoms with van der Waals surface area (Å²) in [5, 5.41) is 15.2. The van der Waals surface area contributed by atoms with E-state index in [1.54, 1.807) is 35.0 Å². The third-order valence-electron chi connectivity index (χ3n) is 7.80. The number of benzene rings is 2. The number of oxime groups is 1. The fourth-order valence-corrected chi connectivity index (χ4v) is 6.14. The molecule has 2 aliphatic heterocycles. The van der Waals surface area contributed by atoms with E-state index >= 15 is 0 Å². The van der Waals surface area contributed by atoms with Crippen LogP contribution in [0.25, 0.3) is 0 Å². The highest BCUT2D eigenvalue weighted by molar-refractivity contribution is 6.35. The number of piperidine rings is 1. The van der Waals surface area contributed by atoms with E-state index in [9.17, 15) is 14.9 Å². The molecule has 0 saturated carbocycles. The Bertz CT molecular complexity index is 1270. The van der Waals surface area contributed by atoms with Crippen LogP contribution in [0, 0.1) is 11.3 Å². The van der Waals surface area contributed by atoms with Crippen LogP contribution in [0.4, 0.5) is 0 Å². The lowest BCUT2D eigenvalue weighted by atomic mass is 9.85. The van der Waals surface area contributed by atoms with E-state index < -0.39 is 5.54 Å². The first-order chi connectivity index (χ1) is 19.8. The molecule has 4 rings (SSSR count). The largest absolute Gasteiger partial charge is 0.399 e. The fourth-order valence-electron chi connectivity index (χ4n) is 5.61. The van der Waals surface area contributed by atoms with Gasteiger partial charge in [0.1, 0.15) is 19.3 Å². The van der Waals surface area contributed by atoms with Gasteiger partial charge in [0.25, 0.3) is 5.91 Å². The second-order valence-corrected chi connectivity index (χ2v) is 11.3. The number of morpholine rings is 1. The molecule has 9 nitrogen and oxygen atoms in total. The number of carbonyl (C=O) groups excluding carboxylic acids is 2. The number of likely N-dealkylation sites (tertiary alicyclic amines) is 1. The second-order valence-electron chi connectivity index (χ2n) is 10.4. The molecule has 2 fully saturated rings. The number of nitriles is 1. The van der Waals surface area contributed by atoms with E-state index in [4.69, 9.17) is 32.8 Å². The quantitative estimate of drug-likeness (QED) is 0.295. The van der Waals surface area contributed by atoms with Gasteiger partial charge < -0.3 is 24.3 Å². The Morgan fingerprint density at radius 1 is 1.17 bits per heavy atom. The van der Waals surface area contributed by atoms with Gasteiger partial charge in [0.05, 0.1) is 24.9 Å². The van der Waals surface area contributed by atoms with Crippen molar-refractivity contribution in [2.45, 2.75) is 30.7 Å².